The van der Waals surface area contributed by atoms with Crippen LogP contribution in [0, 0.1) is 5.92 Å². The van der Waals surface area contributed by atoms with E-state index in [0.717, 1.165) is 0 Å². The Morgan fingerprint density at radius 2 is 1.43 bits per heavy atom. The number of nitrogens with one attached hydrogen (secondary N) is 3. The molecule has 3 heterocycles. The third-order valence-electron chi connectivity index (χ3n) is 8.23. The fourth-order valence-electron chi connectivity index (χ4n) is 5.54. The highest BCUT2D eigenvalue weighted by Crippen LogP contribution is 2.36. The van der Waals surface area contributed by atoms with Gasteiger partial charge in [0.15, 0.2) is 23.0 Å². The van der Waals surface area contributed by atoms with Crippen LogP contribution in [0.2, 0.25) is 0 Å². The van der Waals surface area contributed by atoms with E-state index in [1.165, 1.54) is 4.90 Å². The number of urea groups is 2. The number of nitrogens with zero attached hydrogens (tertiary/aromatic N) is 2. The van der Waals surface area contributed by atoms with Crippen LogP contribution in [-0.2, 0) is 11.2 Å². The maximum atomic E-state index is 13.6. The number of aliphatic hydroxyl groups excluding tert-OH is 1. The number of carbonyl (C=O) groups excluding carboxylic acids is 3. The van der Waals surface area contributed by atoms with Crippen LogP contribution in [0.3, 0.4) is 0 Å². The van der Waals surface area contributed by atoms with Gasteiger partial charge < -0.3 is 54.5 Å². The van der Waals surface area contributed by atoms with Crippen molar-refractivity contribution in [2.75, 3.05) is 56.3 Å². The molecule has 3 atom stereocenters. The van der Waals surface area contributed by atoms with Gasteiger partial charge in [-0.15, -0.1) is 0 Å². The summed E-state index contributed by atoms with van der Waals surface area (Å²) in [7, 11) is 1.66. The number of carbonyl (C=O) groups is 3. The monoisotopic (exact) mass is 647 g/mol. The topological polar surface area (TPSA) is 160 Å². The van der Waals surface area contributed by atoms with Crippen molar-refractivity contribution in [1.82, 2.24) is 9.80 Å². The molecule has 0 fully saturated rings. The number of fused-ring (bicyclic) bond motifs is 3. The zero-order valence-electron chi connectivity index (χ0n) is 26.3. The highest BCUT2D eigenvalue weighted by Gasteiger charge is 2.32. The summed E-state index contributed by atoms with van der Waals surface area (Å²) in [4.78, 5) is 42.8. The molecule has 0 bridgehead atoms. The SMILES string of the molecule is C[C@@H]1CN([C@H](C)CO)C(=O)Cc2cc(NC(=O)Nc3ccc4c(c3)OCO4)ccc2O[C@H]1CN(C)C(=O)Nc1ccc2c(c1)OCO2. The Bertz CT molecular complexity index is 1670. The Labute approximate surface area is 271 Å². The van der Waals surface area contributed by atoms with Crippen molar-refractivity contribution in [2.24, 2.45) is 5.92 Å². The van der Waals surface area contributed by atoms with E-state index in [-0.39, 0.29) is 51.0 Å². The van der Waals surface area contributed by atoms with Gasteiger partial charge in [0.25, 0.3) is 0 Å². The van der Waals surface area contributed by atoms with Crippen LogP contribution in [0.5, 0.6) is 28.7 Å². The molecule has 0 spiro atoms. The van der Waals surface area contributed by atoms with Crippen LogP contribution < -0.4 is 39.6 Å². The van der Waals surface area contributed by atoms with Crippen molar-refractivity contribution in [3.05, 3.63) is 60.2 Å². The molecular formula is C33H37N5O9. The van der Waals surface area contributed by atoms with E-state index in [9.17, 15) is 19.5 Å². The summed E-state index contributed by atoms with van der Waals surface area (Å²) >= 11 is 0. The Morgan fingerprint density at radius 3 is 2.04 bits per heavy atom. The maximum absolute atomic E-state index is 13.6. The van der Waals surface area contributed by atoms with Gasteiger partial charge in [-0.1, -0.05) is 6.92 Å². The van der Waals surface area contributed by atoms with Crippen LogP contribution in [0.25, 0.3) is 0 Å². The lowest BCUT2D eigenvalue weighted by Crippen LogP contribution is -2.48. The molecule has 248 valence electrons. The van der Waals surface area contributed by atoms with Gasteiger partial charge in [0.05, 0.1) is 25.6 Å². The number of benzene rings is 3. The second-order valence-corrected chi connectivity index (χ2v) is 11.7. The van der Waals surface area contributed by atoms with Crippen LogP contribution in [0.1, 0.15) is 19.4 Å². The van der Waals surface area contributed by atoms with E-state index in [2.05, 4.69) is 16.0 Å². The molecule has 3 aromatic carbocycles. The first-order chi connectivity index (χ1) is 22.7. The van der Waals surface area contributed by atoms with Gasteiger partial charge in [-0.2, -0.15) is 0 Å². The fourth-order valence-corrected chi connectivity index (χ4v) is 5.54. The average molecular weight is 648 g/mol. The molecule has 0 aromatic heterocycles. The first kappa shape index (κ1) is 31.6. The molecule has 3 aliphatic heterocycles. The summed E-state index contributed by atoms with van der Waals surface area (Å²) < 4.78 is 28.0. The molecule has 0 saturated carbocycles. The molecule has 14 heteroatoms. The summed E-state index contributed by atoms with van der Waals surface area (Å²) in [5.41, 5.74) is 2.07. The molecule has 0 radical (unpaired) electrons. The predicted octanol–water partition coefficient (Wildman–Crippen LogP) is 4.10. The first-order valence-corrected chi connectivity index (χ1v) is 15.3. The number of likely N-dealkylation sites (N-methyl/N-ethyl adjacent to an activating group) is 1. The quantitative estimate of drug-likeness (QED) is 0.296. The number of hydrogen-bond acceptors (Lipinski definition) is 9. The van der Waals surface area contributed by atoms with E-state index < -0.39 is 18.2 Å². The highest BCUT2D eigenvalue weighted by atomic mass is 16.7. The van der Waals surface area contributed by atoms with E-state index in [0.29, 0.717) is 57.9 Å². The first-order valence-electron chi connectivity index (χ1n) is 15.3. The Balaban J connectivity index is 1.18. The molecule has 0 unspecified atom stereocenters. The van der Waals surface area contributed by atoms with Crippen LogP contribution in [0.4, 0.5) is 26.7 Å². The zero-order chi connectivity index (χ0) is 33.1. The number of rotatable bonds is 7. The molecule has 3 aliphatic rings. The van der Waals surface area contributed by atoms with Gasteiger partial charge in [-0.05, 0) is 49.4 Å². The molecular weight excluding hydrogens is 610 g/mol. The minimum absolute atomic E-state index is 0.0150. The van der Waals surface area contributed by atoms with Crippen LogP contribution in [-0.4, -0.2) is 85.4 Å². The third kappa shape index (κ3) is 7.22. The van der Waals surface area contributed by atoms with E-state index >= 15 is 0 Å². The van der Waals surface area contributed by atoms with Gasteiger partial charge in [-0.3, -0.25) is 4.79 Å². The van der Waals surface area contributed by atoms with Gasteiger partial charge in [0, 0.05) is 54.3 Å². The van der Waals surface area contributed by atoms with E-state index in [4.69, 9.17) is 23.7 Å². The van der Waals surface area contributed by atoms with Crippen molar-refractivity contribution in [3.63, 3.8) is 0 Å². The summed E-state index contributed by atoms with van der Waals surface area (Å²) in [6.45, 7) is 4.27. The Hall–Kier alpha value is -5.37. The smallest absolute Gasteiger partial charge is 0.323 e. The average Bonchev–Trinajstić information content (AvgIpc) is 3.73. The normalized spacial score (nSPS) is 18.6. The minimum Gasteiger partial charge on any atom is -0.488 e. The standard InChI is InChI=1S/C33H37N5O9/c1-19-14-38(20(2)16-39)31(40)11-21-10-22(34-32(41)35-23-5-8-26-28(12-23)45-17-43-26)4-7-25(21)47-30(19)15-37(3)33(42)36-24-6-9-27-29(13-24)46-18-44-27/h4-10,12-13,19-20,30,39H,11,14-18H2,1-3H3,(H,36,42)(H2,34,35,41)/t19-,20-,30+/m1/s1. The summed E-state index contributed by atoms with van der Waals surface area (Å²) in [6.07, 6.45) is -0.535. The molecule has 0 aliphatic carbocycles. The van der Waals surface area contributed by atoms with Crippen molar-refractivity contribution < 1.29 is 43.2 Å². The second-order valence-electron chi connectivity index (χ2n) is 11.7. The van der Waals surface area contributed by atoms with Gasteiger partial charge >= 0.3 is 12.1 Å². The largest absolute Gasteiger partial charge is 0.488 e. The summed E-state index contributed by atoms with van der Waals surface area (Å²) in [5, 5.41) is 18.4. The summed E-state index contributed by atoms with van der Waals surface area (Å²) in [5.74, 6) is 2.36. The fraction of sp³-hybridized carbons (Fsp3) is 0.364. The number of amides is 5. The highest BCUT2D eigenvalue weighted by molar-refractivity contribution is 6.00. The van der Waals surface area contributed by atoms with Crippen molar-refractivity contribution in [3.8, 4) is 28.7 Å². The number of anilines is 3. The van der Waals surface area contributed by atoms with Crippen molar-refractivity contribution in [1.29, 1.82) is 0 Å². The zero-order valence-corrected chi connectivity index (χ0v) is 26.3. The molecule has 3 aromatic rings. The van der Waals surface area contributed by atoms with Crippen LogP contribution >= 0.6 is 0 Å². The molecule has 0 saturated heterocycles. The molecule has 47 heavy (non-hydrogen) atoms. The lowest BCUT2D eigenvalue weighted by Gasteiger charge is -2.34. The molecule has 5 amide bonds. The summed E-state index contributed by atoms with van der Waals surface area (Å²) in [6, 6.07) is 14.0. The van der Waals surface area contributed by atoms with E-state index in [1.54, 1.807) is 73.5 Å². The number of hydrogen-bond donors (Lipinski definition) is 4. The van der Waals surface area contributed by atoms with Gasteiger partial charge in [0.2, 0.25) is 19.5 Å². The van der Waals surface area contributed by atoms with E-state index in [1.807, 2.05) is 6.92 Å². The van der Waals surface area contributed by atoms with Gasteiger partial charge in [-0.25, -0.2) is 9.59 Å². The number of aliphatic hydroxyl groups is 1. The molecule has 6 rings (SSSR count). The van der Waals surface area contributed by atoms with Crippen LogP contribution in [0.15, 0.2) is 54.6 Å². The molecule has 14 nitrogen and oxygen atoms in total. The Kier molecular flexibility index (Phi) is 9.11. The Morgan fingerprint density at radius 1 is 0.872 bits per heavy atom. The maximum Gasteiger partial charge on any atom is 0.323 e. The van der Waals surface area contributed by atoms with Gasteiger partial charge in [0.1, 0.15) is 11.9 Å². The number of ether oxygens (including phenoxy) is 5. The van der Waals surface area contributed by atoms with Crippen molar-refractivity contribution in [2.45, 2.75) is 32.4 Å². The van der Waals surface area contributed by atoms with Crippen molar-refractivity contribution >= 4 is 35.0 Å². The predicted molar refractivity (Wildman–Crippen MR) is 171 cm³/mol. The third-order valence-corrected chi connectivity index (χ3v) is 8.23. The molecule has 4 N–H and O–H groups in total. The lowest BCUT2D eigenvalue weighted by molar-refractivity contribution is -0.134. The lowest BCUT2D eigenvalue weighted by atomic mass is 10.0. The minimum atomic E-state index is -0.520. The second kappa shape index (κ2) is 13.5.